The molecule has 5 heteroatoms. The van der Waals surface area contributed by atoms with Gasteiger partial charge in [-0.2, -0.15) is 0 Å². The Hall–Kier alpha value is -1.10. The molecule has 3 rings (SSSR count). The van der Waals surface area contributed by atoms with Gasteiger partial charge in [-0.3, -0.25) is 4.90 Å². The highest BCUT2D eigenvalue weighted by atomic mass is 35.5. The molecule has 0 aromatic heterocycles. The number of halogens is 1. The average Bonchev–Trinajstić information content (AvgIpc) is 3.02. The van der Waals surface area contributed by atoms with E-state index in [1.807, 2.05) is 24.3 Å². The molecule has 0 bridgehead atoms. The summed E-state index contributed by atoms with van der Waals surface area (Å²) >= 11 is 5.87. The van der Waals surface area contributed by atoms with E-state index in [2.05, 4.69) is 15.4 Å². The third-order valence-electron chi connectivity index (χ3n) is 3.30. The molecule has 0 aliphatic carbocycles. The molecule has 1 aromatic rings. The van der Waals surface area contributed by atoms with E-state index in [1.54, 1.807) is 0 Å². The second-order valence-corrected chi connectivity index (χ2v) is 5.12. The summed E-state index contributed by atoms with van der Waals surface area (Å²) in [5.41, 5.74) is 4.01. The molecule has 18 heavy (non-hydrogen) atoms. The van der Waals surface area contributed by atoms with Crippen molar-refractivity contribution < 1.29 is 4.84 Å². The third kappa shape index (κ3) is 2.66. The predicted octanol–water partition coefficient (Wildman–Crippen LogP) is 2.37. The van der Waals surface area contributed by atoms with E-state index in [0.29, 0.717) is 0 Å². The van der Waals surface area contributed by atoms with Crippen LogP contribution in [-0.2, 0) is 4.84 Å². The van der Waals surface area contributed by atoms with Crippen molar-refractivity contribution in [2.45, 2.75) is 19.0 Å². The molecular formula is C13H16ClN3O. The number of benzene rings is 1. The lowest BCUT2D eigenvalue weighted by atomic mass is 10.2. The fourth-order valence-corrected chi connectivity index (χ4v) is 2.44. The minimum Gasteiger partial charge on any atom is -0.390 e. The van der Waals surface area contributed by atoms with Crippen molar-refractivity contribution in [3.8, 4) is 0 Å². The van der Waals surface area contributed by atoms with E-state index >= 15 is 0 Å². The number of rotatable bonds is 3. The number of nitrogens with one attached hydrogen (secondary N) is 1. The lowest BCUT2D eigenvalue weighted by molar-refractivity contribution is 0.169. The summed E-state index contributed by atoms with van der Waals surface area (Å²) in [5.74, 6) is 0.775. The summed E-state index contributed by atoms with van der Waals surface area (Å²) in [5, 5.41) is 0.735. The van der Waals surface area contributed by atoms with Crippen LogP contribution in [0.1, 0.15) is 24.6 Å². The van der Waals surface area contributed by atoms with Crippen molar-refractivity contribution in [3.05, 3.63) is 34.9 Å². The molecule has 2 heterocycles. The summed E-state index contributed by atoms with van der Waals surface area (Å²) in [6.45, 7) is 3.10. The van der Waals surface area contributed by atoms with Crippen LogP contribution in [0.4, 0.5) is 0 Å². The molecule has 0 unspecified atom stereocenters. The van der Waals surface area contributed by atoms with Crippen LogP contribution in [0, 0.1) is 0 Å². The Bertz CT molecular complexity index is 440. The highest BCUT2D eigenvalue weighted by Crippen LogP contribution is 2.21. The zero-order chi connectivity index (χ0) is 12.4. The third-order valence-corrected chi connectivity index (χ3v) is 3.56. The summed E-state index contributed by atoms with van der Waals surface area (Å²) < 4.78 is 0. The molecule has 1 atom stereocenters. The Labute approximate surface area is 112 Å². The van der Waals surface area contributed by atoms with Gasteiger partial charge < -0.3 is 4.84 Å². The predicted molar refractivity (Wildman–Crippen MR) is 71.5 cm³/mol. The Morgan fingerprint density at radius 2 is 2.00 bits per heavy atom. The average molecular weight is 266 g/mol. The van der Waals surface area contributed by atoms with Gasteiger partial charge >= 0.3 is 0 Å². The lowest BCUT2D eigenvalue weighted by Crippen LogP contribution is -2.28. The van der Waals surface area contributed by atoms with E-state index < -0.39 is 0 Å². The Balaban J connectivity index is 1.65. The molecule has 4 nitrogen and oxygen atoms in total. The first-order chi connectivity index (χ1) is 8.81. The van der Waals surface area contributed by atoms with Crippen LogP contribution in [0.3, 0.4) is 0 Å². The molecule has 0 spiro atoms. The van der Waals surface area contributed by atoms with Crippen LogP contribution in [0.25, 0.3) is 0 Å². The topological polar surface area (TPSA) is 36.9 Å². The number of likely N-dealkylation sites (tertiary alicyclic amines) is 1. The Kier molecular flexibility index (Phi) is 3.50. The molecule has 1 N–H and O–H groups in total. The van der Waals surface area contributed by atoms with Crippen LogP contribution in [0.2, 0.25) is 5.02 Å². The van der Waals surface area contributed by atoms with Crippen molar-refractivity contribution in [2.24, 2.45) is 4.99 Å². The number of hydrogen-bond acceptors (Lipinski definition) is 4. The van der Waals surface area contributed by atoms with Gasteiger partial charge in [-0.15, -0.1) is 5.48 Å². The van der Waals surface area contributed by atoms with Crippen LogP contribution in [-0.4, -0.2) is 30.4 Å². The number of nitrogens with zero attached hydrogens (tertiary/aromatic N) is 2. The fourth-order valence-electron chi connectivity index (χ4n) is 2.31. The maximum absolute atomic E-state index is 5.87. The summed E-state index contributed by atoms with van der Waals surface area (Å²) in [4.78, 5) is 12.4. The van der Waals surface area contributed by atoms with E-state index in [-0.39, 0.29) is 6.17 Å². The highest BCUT2D eigenvalue weighted by Gasteiger charge is 2.23. The molecule has 0 amide bonds. The SMILES string of the molecule is Clc1ccc([C@@H]2N=C(CN3CCCC3)ON2)cc1. The smallest absolute Gasteiger partial charge is 0.225 e. The van der Waals surface area contributed by atoms with E-state index in [1.165, 1.54) is 12.8 Å². The van der Waals surface area contributed by atoms with Gasteiger partial charge in [0.15, 0.2) is 6.17 Å². The van der Waals surface area contributed by atoms with Crippen LogP contribution in [0.5, 0.6) is 0 Å². The maximum Gasteiger partial charge on any atom is 0.225 e. The second kappa shape index (κ2) is 5.26. The first kappa shape index (κ1) is 12.0. The van der Waals surface area contributed by atoms with Gasteiger partial charge in [0.2, 0.25) is 5.90 Å². The van der Waals surface area contributed by atoms with Crippen molar-refractivity contribution in [2.75, 3.05) is 19.6 Å². The minimum atomic E-state index is -0.111. The zero-order valence-corrected chi connectivity index (χ0v) is 10.9. The number of hydrogen-bond donors (Lipinski definition) is 1. The normalized spacial score (nSPS) is 24.1. The first-order valence-electron chi connectivity index (χ1n) is 6.28. The summed E-state index contributed by atoms with van der Waals surface area (Å²) in [7, 11) is 0. The van der Waals surface area contributed by atoms with Gasteiger partial charge in [0.25, 0.3) is 0 Å². The number of hydroxylamine groups is 1. The van der Waals surface area contributed by atoms with Gasteiger partial charge in [0.1, 0.15) is 0 Å². The standard InChI is InChI=1S/C13H16ClN3O/c14-11-5-3-10(4-6-11)13-15-12(18-16-13)9-17-7-1-2-8-17/h3-6,13,16H,1-2,7-9H2/t13-/m1/s1. The zero-order valence-electron chi connectivity index (χ0n) is 10.1. The molecule has 2 aliphatic rings. The Morgan fingerprint density at radius 1 is 1.28 bits per heavy atom. The van der Waals surface area contributed by atoms with Crippen LogP contribution < -0.4 is 5.48 Å². The second-order valence-electron chi connectivity index (χ2n) is 4.68. The summed E-state index contributed by atoms with van der Waals surface area (Å²) in [6, 6.07) is 7.66. The van der Waals surface area contributed by atoms with Gasteiger partial charge in [-0.25, -0.2) is 4.99 Å². The van der Waals surface area contributed by atoms with Crippen molar-refractivity contribution >= 4 is 17.5 Å². The molecular weight excluding hydrogens is 250 g/mol. The number of aliphatic imine (C=N–C) groups is 1. The van der Waals surface area contributed by atoms with Gasteiger partial charge in [-0.1, -0.05) is 23.7 Å². The molecule has 2 aliphatic heterocycles. The van der Waals surface area contributed by atoms with Gasteiger partial charge in [-0.05, 0) is 43.6 Å². The lowest BCUT2D eigenvalue weighted by Gasteiger charge is -2.12. The van der Waals surface area contributed by atoms with Crippen LogP contribution >= 0.6 is 11.6 Å². The minimum absolute atomic E-state index is 0.111. The van der Waals surface area contributed by atoms with Crippen molar-refractivity contribution in [3.63, 3.8) is 0 Å². The molecule has 1 aromatic carbocycles. The molecule has 0 saturated carbocycles. The van der Waals surface area contributed by atoms with E-state index in [9.17, 15) is 0 Å². The monoisotopic (exact) mass is 265 g/mol. The van der Waals surface area contributed by atoms with Gasteiger partial charge in [0, 0.05) is 5.02 Å². The van der Waals surface area contributed by atoms with E-state index in [4.69, 9.17) is 16.4 Å². The first-order valence-corrected chi connectivity index (χ1v) is 6.66. The fraction of sp³-hybridized carbons (Fsp3) is 0.462. The Morgan fingerprint density at radius 3 is 2.72 bits per heavy atom. The quantitative estimate of drug-likeness (QED) is 0.912. The largest absolute Gasteiger partial charge is 0.390 e. The maximum atomic E-state index is 5.87. The van der Waals surface area contributed by atoms with Crippen molar-refractivity contribution in [1.82, 2.24) is 10.4 Å². The van der Waals surface area contributed by atoms with Gasteiger partial charge in [0.05, 0.1) is 6.54 Å². The molecule has 0 radical (unpaired) electrons. The van der Waals surface area contributed by atoms with Crippen molar-refractivity contribution in [1.29, 1.82) is 0 Å². The highest BCUT2D eigenvalue weighted by molar-refractivity contribution is 6.30. The molecule has 1 saturated heterocycles. The van der Waals surface area contributed by atoms with Crippen LogP contribution in [0.15, 0.2) is 29.3 Å². The van der Waals surface area contributed by atoms with E-state index in [0.717, 1.165) is 36.1 Å². The molecule has 1 fully saturated rings. The molecule has 96 valence electrons. The summed E-state index contributed by atoms with van der Waals surface area (Å²) in [6.07, 6.45) is 2.45.